The van der Waals surface area contributed by atoms with Crippen LogP contribution >= 0.6 is 11.3 Å². The van der Waals surface area contributed by atoms with Gasteiger partial charge in [-0.05, 0) is 30.9 Å². The SMILES string of the molecule is Cc1ccc(C(=O)N2CCN(C(=O)C3CC3c3cccs3)CC2)cc1[N+](=O)[O-]. The first-order valence-electron chi connectivity index (χ1n) is 9.32. The molecule has 1 aromatic heterocycles. The lowest BCUT2D eigenvalue weighted by atomic mass is 10.1. The van der Waals surface area contributed by atoms with Crippen molar-refractivity contribution in [3.63, 3.8) is 0 Å². The number of carbonyl (C=O) groups excluding carboxylic acids is 2. The van der Waals surface area contributed by atoms with Gasteiger partial charge >= 0.3 is 0 Å². The molecule has 1 saturated heterocycles. The molecule has 2 unspecified atom stereocenters. The normalized spacial score (nSPS) is 21.5. The highest BCUT2D eigenvalue weighted by molar-refractivity contribution is 7.10. The summed E-state index contributed by atoms with van der Waals surface area (Å²) >= 11 is 1.70. The van der Waals surface area contributed by atoms with Gasteiger partial charge in [0.15, 0.2) is 0 Å². The van der Waals surface area contributed by atoms with Crippen LogP contribution in [-0.2, 0) is 4.79 Å². The summed E-state index contributed by atoms with van der Waals surface area (Å²) in [4.78, 5) is 40.9. The van der Waals surface area contributed by atoms with E-state index in [4.69, 9.17) is 0 Å². The Kier molecular flexibility index (Phi) is 4.89. The van der Waals surface area contributed by atoms with E-state index in [-0.39, 0.29) is 23.4 Å². The molecule has 1 aromatic carbocycles. The number of rotatable bonds is 4. The van der Waals surface area contributed by atoms with E-state index >= 15 is 0 Å². The van der Waals surface area contributed by atoms with E-state index in [1.54, 1.807) is 35.3 Å². The molecule has 2 atom stereocenters. The molecule has 146 valence electrons. The molecule has 1 aliphatic heterocycles. The molecule has 2 amide bonds. The van der Waals surface area contributed by atoms with Crippen molar-refractivity contribution in [1.29, 1.82) is 0 Å². The molecule has 0 N–H and O–H groups in total. The summed E-state index contributed by atoms with van der Waals surface area (Å²) in [5.41, 5.74) is 0.798. The Morgan fingerprint density at radius 3 is 2.50 bits per heavy atom. The standard InChI is InChI=1S/C20H21N3O4S/c1-13-4-5-14(11-17(13)23(26)27)19(24)21-6-8-22(9-7-21)20(25)16-12-15(16)18-3-2-10-28-18/h2-5,10-11,15-16H,6-9,12H2,1H3. The van der Waals surface area contributed by atoms with Gasteiger partial charge in [-0.15, -0.1) is 11.3 Å². The zero-order valence-corrected chi connectivity index (χ0v) is 16.4. The van der Waals surface area contributed by atoms with Crippen molar-refractivity contribution in [3.05, 3.63) is 61.8 Å². The molecule has 2 aromatic rings. The summed E-state index contributed by atoms with van der Waals surface area (Å²) in [5.74, 6) is 0.371. The molecular formula is C20H21N3O4S. The average molecular weight is 399 g/mol. The third kappa shape index (κ3) is 3.52. The van der Waals surface area contributed by atoms with Gasteiger partial charge < -0.3 is 9.80 Å². The molecule has 0 spiro atoms. The second-order valence-electron chi connectivity index (χ2n) is 7.34. The average Bonchev–Trinajstić information content (AvgIpc) is 3.31. The van der Waals surface area contributed by atoms with Gasteiger partial charge in [0.05, 0.1) is 4.92 Å². The Morgan fingerprint density at radius 1 is 1.14 bits per heavy atom. The van der Waals surface area contributed by atoms with Crippen molar-refractivity contribution in [3.8, 4) is 0 Å². The summed E-state index contributed by atoms with van der Waals surface area (Å²) in [6.07, 6.45) is 0.908. The number of nitro groups is 1. The van der Waals surface area contributed by atoms with Gasteiger partial charge in [-0.25, -0.2) is 0 Å². The zero-order valence-electron chi connectivity index (χ0n) is 15.5. The third-order valence-electron chi connectivity index (χ3n) is 5.55. The number of benzene rings is 1. The minimum Gasteiger partial charge on any atom is -0.339 e. The number of thiophene rings is 1. The van der Waals surface area contributed by atoms with E-state index in [0.29, 0.717) is 43.2 Å². The lowest BCUT2D eigenvalue weighted by Crippen LogP contribution is -2.51. The van der Waals surface area contributed by atoms with Gasteiger partial charge in [0, 0.05) is 60.1 Å². The lowest BCUT2D eigenvalue weighted by molar-refractivity contribution is -0.385. The summed E-state index contributed by atoms with van der Waals surface area (Å²) in [5, 5.41) is 13.1. The van der Waals surface area contributed by atoms with E-state index in [0.717, 1.165) is 6.42 Å². The number of aryl methyl sites for hydroxylation is 1. The molecular weight excluding hydrogens is 378 g/mol. The Morgan fingerprint density at radius 2 is 1.86 bits per heavy atom. The van der Waals surface area contributed by atoms with Crippen LogP contribution in [0.2, 0.25) is 0 Å². The number of amides is 2. The van der Waals surface area contributed by atoms with Crippen LogP contribution in [0.25, 0.3) is 0 Å². The smallest absolute Gasteiger partial charge is 0.273 e. The third-order valence-corrected chi connectivity index (χ3v) is 6.55. The van der Waals surface area contributed by atoms with Gasteiger partial charge in [-0.2, -0.15) is 0 Å². The van der Waals surface area contributed by atoms with Crippen LogP contribution in [0.5, 0.6) is 0 Å². The first kappa shape index (κ1) is 18.6. The van der Waals surface area contributed by atoms with Crippen LogP contribution in [0.1, 0.15) is 33.1 Å². The second kappa shape index (κ2) is 7.35. The zero-order chi connectivity index (χ0) is 19.8. The van der Waals surface area contributed by atoms with Crippen LogP contribution in [0.15, 0.2) is 35.7 Å². The van der Waals surface area contributed by atoms with E-state index in [1.807, 2.05) is 16.3 Å². The number of nitrogens with zero attached hydrogens (tertiary/aromatic N) is 3. The quantitative estimate of drug-likeness (QED) is 0.584. The monoisotopic (exact) mass is 399 g/mol. The molecule has 0 bridgehead atoms. The molecule has 2 aliphatic rings. The number of nitro benzene ring substituents is 1. The van der Waals surface area contributed by atoms with Crippen LogP contribution < -0.4 is 0 Å². The van der Waals surface area contributed by atoms with Crippen molar-refractivity contribution in [2.75, 3.05) is 26.2 Å². The summed E-state index contributed by atoms with van der Waals surface area (Å²) < 4.78 is 0. The number of hydrogen-bond donors (Lipinski definition) is 0. The van der Waals surface area contributed by atoms with Crippen molar-refractivity contribution >= 4 is 28.8 Å². The van der Waals surface area contributed by atoms with Gasteiger partial charge in [-0.1, -0.05) is 12.1 Å². The predicted molar refractivity (Wildman–Crippen MR) is 105 cm³/mol. The topological polar surface area (TPSA) is 83.8 Å². The van der Waals surface area contributed by atoms with E-state index in [1.165, 1.54) is 10.9 Å². The highest BCUT2D eigenvalue weighted by Gasteiger charge is 2.46. The molecule has 2 heterocycles. The number of piperazine rings is 1. The van der Waals surface area contributed by atoms with E-state index in [9.17, 15) is 19.7 Å². The van der Waals surface area contributed by atoms with Crippen LogP contribution in [0.3, 0.4) is 0 Å². The maximum atomic E-state index is 12.7. The Hall–Kier alpha value is -2.74. The lowest BCUT2D eigenvalue weighted by Gasteiger charge is -2.35. The molecule has 2 fully saturated rings. The minimum atomic E-state index is -0.470. The summed E-state index contributed by atoms with van der Waals surface area (Å²) in [6, 6.07) is 8.66. The largest absolute Gasteiger partial charge is 0.339 e. The van der Waals surface area contributed by atoms with Crippen molar-refractivity contribution in [1.82, 2.24) is 9.80 Å². The fraction of sp³-hybridized carbons (Fsp3) is 0.400. The maximum Gasteiger partial charge on any atom is 0.273 e. The van der Waals surface area contributed by atoms with Crippen LogP contribution in [0, 0.1) is 23.0 Å². The van der Waals surface area contributed by atoms with Crippen LogP contribution in [-0.4, -0.2) is 52.7 Å². The van der Waals surface area contributed by atoms with Crippen molar-refractivity contribution in [2.24, 2.45) is 5.92 Å². The number of carbonyl (C=O) groups is 2. The molecule has 4 rings (SSSR count). The minimum absolute atomic E-state index is 0.0481. The van der Waals surface area contributed by atoms with Gasteiger partial charge in [0.25, 0.3) is 11.6 Å². The first-order chi connectivity index (χ1) is 13.5. The fourth-order valence-electron chi connectivity index (χ4n) is 3.77. The maximum absolute atomic E-state index is 12.7. The Bertz CT molecular complexity index is 920. The molecule has 1 aliphatic carbocycles. The summed E-state index contributed by atoms with van der Waals surface area (Å²) in [7, 11) is 0. The van der Waals surface area contributed by atoms with E-state index < -0.39 is 4.92 Å². The highest BCUT2D eigenvalue weighted by Crippen LogP contribution is 2.50. The Labute approximate surface area is 166 Å². The molecule has 28 heavy (non-hydrogen) atoms. The van der Waals surface area contributed by atoms with Gasteiger partial charge in [0.1, 0.15) is 0 Å². The van der Waals surface area contributed by atoms with Gasteiger partial charge in [0.2, 0.25) is 5.91 Å². The second-order valence-corrected chi connectivity index (χ2v) is 8.32. The molecule has 8 heteroatoms. The number of hydrogen-bond acceptors (Lipinski definition) is 5. The highest BCUT2D eigenvalue weighted by atomic mass is 32.1. The van der Waals surface area contributed by atoms with E-state index in [2.05, 4.69) is 6.07 Å². The van der Waals surface area contributed by atoms with Crippen molar-refractivity contribution < 1.29 is 14.5 Å². The van der Waals surface area contributed by atoms with Gasteiger partial charge in [-0.3, -0.25) is 19.7 Å². The molecule has 7 nitrogen and oxygen atoms in total. The molecule has 0 radical (unpaired) electrons. The fourth-order valence-corrected chi connectivity index (χ4v) is 4.68. The molecule has 1 saturated carbocycles. The van der Waals surface area contributed by atoms with Crippen molar-refractivity contribution in [2.45, 2.75) is 19.3 Å². The van der Waals surface area contributed by atoms with Crippen LogP contribution in [0.4, 0.5) is 5.69 Å². The first-order valence-corrected chi connectivity index (χ1v) is 10.2. The summed E-state index contributed by atoms with van der Waals surface area (Å²) in [6.45, 7) is 3.56. The Balaban J connectivity index is 1.35. The predicted octanol–water partition coefficient (Wildman–Crippen LogP) is 3.05.